The summed E-state index contributed by atoms with van der Waals surface area (Å²) in [5.41, 5.74) is 7.82. The van der Waals surface area contributed by atoms with Gasteiger partial charge in [-0.1, -0.05) is 12.1 Å². The second-order valence-corrected chi connectivity index (χ2v) is 4.13. The quantitative estimate of drug-likeness (QED) is 0.905. The molecule has 0 atom stereocenters. The van der Waals surface area contributed by atoms with E-state index in [2.05, 4.69) is 4.98 Å². The van der Waals surface area contributed by atoms with Crippen LogP contribution in [0, 0.1) is 19.7 Å². The number of halogens is 1. The third kappa shape index (κ3) is 2.65. The van der Waals surface area contributed by atoms with Gasteiger partial charge in [-0.3, -0.25) is 0 Å². The van der Waals surface area contributed by atoms with Crippen molar-refractivity contribution in [1.29, 1.82) is 0 Å². The van der Waals surface area contributed by atoms with E-state index in [1.165, 1.54) is 6.07 Å². The van der Waals surface area contributed by atoms with Gasteiger partial charge in [0.1, 0.15) is 11.6 Å². The van der Waals surface area contributed by atoms with Crippen molar-refractivity contribution in [2.45, 2.75) is 20.4 Å². The van der Waals surface area contributed by atoms with Crippen LogP contribution in [0.25, 0.3) is 0 Å². The molecule has 1 aromatic carbocycles. The van der Waals surface area contributed by atoms with Crippen LogP contribution < -0.4 is 10.5 Å². The number of aryl methyl sites for hydroxylation is 2. The maximum absolute atomic E-state index is 13.4. The molecule has 94 valence electrons. The average molecular weight is 246 g/mol. The predicted molar refractivity (Wildman–Crippen MR) is 68.1 cm³/mol. The number of benzene rings is 1. The predicted octanol–water partition coefficient (Wildman–Crippen LogP) is 3.09. The Bertz CT molecular complexity index is 570. The Labute approximate surface area is 105 Å². The topological polar surface area (TPSA) is 48.1 Å². The van der Waals surface area contributed by atoms with Crippen molar-refractivity contribution in [2.24, 2.45) is 5.73 Å². The van der Waals surface area contributed by atoms with Crippen LogP contribution in [-0.2, 0) is 6.54 Å². The van der Waals surface area contributed by atoms with Crippen LogP contribution in [0.1, 0.15) is 16.8 Å². The highest BCUT2D eigenvalue weighted by atomic mass is 19.1. The fraction of sp³-hybridized carbons (Fsp3) is 0.214. The van der Waals surface area contributed by atoms with E-state index in [9.17, 15) is 4.39 Å². The number of hydrogen-bond acceptors (Lipinski definition) is 3. The van der Waals surface area contributed by atoms with E-state index < -0.39 is 0 Å². The van der Waals surface area contributed by atoms with E-state index in [0.29, 0.717) is 23.7 Å². The zero-order valence-corrected chi connectivity index (χ0v) is 10.4. The molecule has 2 rings (SSSR count). The minimum atomic E-state index is -0.297. The van der Waals surface area contributed by atoms with Gasteiger partial charge in [-0.25, -0.2) is 9.37 Å². The molecular weight excluding hydrogens is 231 g/mol. The Morgan fingerprint density at radius 3 is 2.67 bits per heavy atom. The first kappa shape index (κ1) is 12.5. The maximum Gasteiger partial charge on any atom is 0.223 e. The lowest BCUT2D eigenvalue weighted by Crippen LogP contribution is -2.02. The summed E-state index contributed by atoms with van der Waals surface area (Å²) in [5, 5.41) is 0. The van der Waals surface area contributed by atoms with Crippen molar-refractivity contribution < 1.29 is 9.13 Å². The first-order valence-electron chi connectivity index (χ1n) is 5.70. The molecule has 0 fully saturated rings. The minimum absolute atomic E-state index is 0.297. The summed E-state index contributed by atoms with van der Waals surface area (Å²) in [6.07, 6.45) is 0. The fourth-order valence-corrected chi connectivity index (χ4v) is 1.55. The summed E-state index contributed by atoms with van der Waals surface area (Å²) >= 11 is 0. The Morgan fingerprint density at radius 2 is 2.00 bits per heavy atom. The van der Waals surface area contributed by atoms with Gasteiger partial charge in [0.15, 0.2) is 0 Å². The van der Waals surface area contributed by atoms with Crippen LogP contribution in [0.3, 0.4) is 0 Å². The van der Waals surface area contributed by atoms with Crippen LogP contribution >= 0.6 is 0 Å². The lowest BCUT2D eigenvalue weighted by Gasteiger charge is -2.10. The fourth-order valence-electron chi connectivity index (χ4n) is 1.55. The number of hydrogen-bond donors (Lipinski definition) is 1. The van der Waals surface area contributed by atoms with E-state index in [-0.39, 0.29) is 5.82 Å². The molecule has 18 heavy (non-hydrogen) atoms. The standard InChI is InChI=1S/C14H15FN2O/c1-9-3-6-12(7-13(9)15)18-14-11(8-16)5-4-10(2)17-14/h3-7H,8,16H2,1-2H3. The van der Waals surface area contributed by atoms with Gasteiger partial charge in [0.25, 0.3) is 0 Å². The Balaban J connectivity index is 2.33. The smallest absolute Gasteiger partial charge is 0.223 e. The molecule has 0 bridgehead atoms. The SMILES string of the molecule is Cc1ccc(CN)c(Oc2ccc(C)c(F)c2)n1. The molecule has 4 heteroatoms. The average Bonchev–Trinajstić information content (AvgIpc) is 2.34. The molecule has 0 aliphatic rings. The van der Waals surface area contributed by atoms with Crippen molar-refractivity contribution in [3.63, 3.8) is 0 Å². The monoisotopic (exact) mass is 246 g/mol. The lowest BCUT2D eigenvalue weighted by atomic mass is 10.2. The Hall–Kier alpha value is -1.94. The van der Waals surface area contributed by atoms with Crippen LogP contribution in [-0.4, -0.2) is 4.98 Å². The summed E-state index contributed by atoms with van der Waals surface area (Å²) in [6.45, 7) is 3.90. The van der Waals surface area contributed by atoms with Gasteiger partial charge in [-0.05, 0) is 31.5 Å². The van der Waals surface area contributed by atoms with Gasteiger partial charge in [-0.15, -0.1) is 0 Å². The summed E-state index contributed by atoms with van der Waals surface area (Å²) in [7, 11) is 0. The number of rotatable bonds is 3. The van der Waals surface area contributed by atoms with Gasteiger partial charge in [0, 0.05) is 23.9 Å². The van der Waals surface area contributed by atoms with Crippen molar-refractivity contribution in [2.75, 3.05) is 0 Å². The van der Waals surface area contributed by atoms with Crippen molar-refractivity contribution in [1.82, 2.24) is 4.98 Å². The molecular formula is C14H15FN2O. The maximum atomic E-state index is 13.4. The molecule has 0 spiro atoms. The van der Waals surface area contributed by atoms with E-state index in [1.807, 2.05) is 19.1 Å². The zero-order chi connectivity index (χ0) is 13.1. The molecule has 0 saturated heterocycles. The third-order valence-corrected chi connectivity index (χ3v) is 2.66. The normalized spacial score (nSPS) is 10.4. The molecule has 1 heterocycles. The first-order chi connectivity index (χ1) is 8.60. The number of pyridine rings is 1. The van der Waals surface area contributed by atoms with Crippen molar-refractivity contribution >= 4 is 0 Å². The van der Waals surface area contributed by atoms with Crippen LogP contribution in [0.5, 0.6) is 11.6 Å². The summed E-state index contributed by atoms with van der Waals surface area (Å²) < 4.78 is 19.0. The van der Waals surface area contributed by atoms with E-state index in [1.54, 1.807) is 19.1 Å². The molecule has 2 aromatic rings. The van der Waals surface area contributed by atoms with Crippen LogP contribution in [0.4, 0.5) is 4.39 Å². The number of nitrogens with zero attached hydrogens (tertiary/aromatic N) is 1. The van der Waals surface area contributed by atoms with E-state index in [4.69, 9.17) is 10.5 Å². The molecule has 0 saturated carbocycles. The molecule has 0 aliphatic heterocycles. The highest BCUT2D eigenvalue weighted by molar-refractivity contribution is 5.35. The summed E-state index contributed by atoms with van der Waals surface area (Å²) in [5.74, 6) is 0.557. The number of ether oxygens (including phenoxy) is 1. The second kappa shape index (κ2) is 5.14. The molecule has 1 aromatic heterocycles. The molecule has 2 N–H and O–H groups in total. The van der Waals surface area contributed by atoms with E-state index in [0.717, 1.165) is 11.3 Å². The van der Waals surface area contributed by atoms with Gasteiger partial charge in [-0.2, -0.15) is 0 Å². The summed E-state index contributed by atoms with van der Waals surface area (Å²) in [6, 6.07) is 8.46. The highest BCUT2D eigenvalue weighted by Crippen LogP contribution is 2.25. The second-order valence-electron chi connectivity index (χ2n) is 4.13. The molecule has 3 nitrogen and oxygen atoms in total. The van der Waals surface area contributed by atoms with Gasteiger partial charge in [0.2, 0.25) is 5.88 Å². The molecule has 0 unspecified atom stereocenters. The largest absolute Gasteiger partial charge is 0.439 e. The lowest BCUT2D eigenvalue weighted by molar-refractivity contribution is 0.450. The molecule has 0 radical (unpaired) electrons. The molecule has 0 amide bonds. The first-order valence-corrected chi connectivity index (χ1v) is 5.70. The van der Waals surface area contributed by atoms with Crippen LogP contribution in [0.15, 0.2) is 30.3 Å². The number of nitrogens with two attached hydrogens (primary N) is 1. The summed E-state index contributed by atoms with van der Waals surface area (Å²) in [4.78, 5) is 4.27. The van der Waals surface area contributed by atoms with Crippen molar-refractivity contribution in [3.05, 3.63) is 53.0 Å². The zero-order valence-electron chi connectivity index (χ0n) is 10.4. The van der Waals surface area contributed by atoms with Gasteiger partial charge < -0.3 is 10.5 Å². The Kier molecular flexibility index (Phi) is 3.58. The van der Waals surface area contributed by atoms with Crippen molar-refractivity contribution in [3.8, 4) is 11.6 Å². The minimum Gasteiger partial charge on any atom is -0.439 e. The van der Waals surface area contributed by atoms with Gasteiger partial charge >= 0.3 is 0 Å². The third-order valence-electron chi connectivity index (χ3n) is 2.66. The number of aromatic nitrogens is 1. The Morgan fingerprint density at radius 1 is 1.22 bits per heavy atom. The van der Waals surface area contributed by atoms with Crippen LogP contribution in [0.2, 0.25) is 0 Å². The molecule has 0 aliphatic carbocycles. The highest BCUT2D eigenvalue weighted by Gasteiger charge is 2.07. The van der Waals surface area contributed by atoms with E-state index >= 15 is 0 Å². The van der Waals surface area contributed by atoms with Gasteiger partial charge in [0.05, 0.1) is 0 Å².